The number of nitriles is 1. The fourth-order valence-corrected chi connectivity index (χ4v) is 4.61. The highest BCUT2D eigenvalue weighted by Crippen LogP contribution is 2.46. The molecular weight excluding hydrogens is 418 g/mol. The average Bonchev–Trinajstić information content (AvgIpc) is 3.40. The average molecular weight is 434 g/mol. The van der Waals surface area contributed by atoms with Crippen LogP contribution in [0.2, 0.25) is 5.02 Å². The molecule has 5 rings (SSSR count). The van der Waals surface area contributed by atoms with Crippen LogP contribution in [0.3, 0.4) is 0 Å². The van der Waals surface area contributed by atoms with Gasteiger partial charge in [-0.1, -0.05) is 11.6 Å². The molecule has 3 aromatic rings. The molecule has 0 spiro atoms. The zero-order valence-electron chi connectivity index (χ0n) is 16.2. The van der Waals surface area contributed by atoms with Crippen LogP contribution < -0.4 is 9.75 Å². The van der Waals surface area contributed by atoms with Crippen LogP contribution in [-0.4, -0.2) is 17.0 Å². The molecule has 0 saturated carbocycles. The molecule has 0 saturated heterocycles. The lowest BCUT2D eigenvalue weighted by atomic mass is 9.77. The monoisotopic (exact) mass is 433 g/mol. The van der Waals surface area contributed by atoms with E-state index in [1.165, 1.54) is 0 Å². The number of carboxylic acid groups (broad SMARTS) is 1. The van der Waals surface area contributed by atoms with Crippen LogP contribution in [0.5, 0.6) is 5.75 Å². The van der Waals surface area contributed by atoms with Crippen LogP contribution in [0.15, 0.2) is 64.5 Å². The number of hydrogen-bond donors (Lipinski definition) is 1. The Bertz CT molecular complexity index is 1250. The van der Waals surface area contributed by atoms with Crippen molar-refractivity contribution in [2.24, 2.45) is 11.0 Å². The normalized spacial score (nSPS) is 19.2. The van der Waals surface area contributed by atoms with Gasteiger partial charge in [0.15, 0.2) is 0 Å². The molecule has 0 fully saturated rings. The van der Waals surface area contributed by atoms with Crippen molar-refractivity contribution in [2.75, 3.05) is 5.01 Å². The lowest BCUT2D eigenvalue weighted by Gasteiger charge is -2.29. The minimum absolute atomic E-state index is 0.0825. The first-order valence-electron chi connectivity index (χ1n) is 9.68. The predicted octanol–water partition coefficient (Wildman–Crippen LogP) is 5.39. The second kappa shape index (κ2) is 7.49. The molecule has 154 valence electrons. The molecule has 0 radical (unpaired) electrons. The number of fused-ring (bicyclic) bond motifs is 3. The maximum Gasteiger partial charge on any atom is 0.511 e. The second-order valence-corrected chi connectivity index (χ2v) is 7.85. The van der Waals surface area contributed by atoms with Gasteiger partial charge in [-0.15, -0.1) is 0 Å². The molecule has 1 aliphatic heterocycles. The molecule has 2 aromatic carbocycles. The van der Waals surface area contributed by atoms with Crippen molar-refractivity contribution in [1.82, 2.24) is 0 Å². The van der Waals surface area contributed by atoms with Crippen LogP contribution in [-0.2, 0) is 6.42 Å². The summed E-state index contributed by atoms with van der Waals surface area (Å²) in [6, 6.07) is 14.5. The largest absolute Gasteiger partial charge is 0.511 e. The highest BCUT2D eigenvalue weighted by molar-refractivity contribution is 6.32. The molecule has 0 bridgehead atoms. The van der Waals surface area contributed by atoms with Crippen molar-refractivity contribution in [3.05, 3.63) is 82.3 Å². The first-order valence-corrected chi connectivity index (χ1v) is 10.1. The van der Waals surface area contributed by atoms with E-state index in [1.54, 1.807) is 36.8 Å². The molecular formula is C23H16ClN3O4. The summed E-state index contributed by atoms with van der Waals surface area (Å²) in [5.74, 6) is 0.413. The van der Waals surface area contributed by atoms with Gasteiger partial charge < -0.3 is 14.3 Å². The van der Waals surface area contributed by atoms with Gasteiger partial charge in [0.25, 0.3) is 0 Å². The zero-order valence-corrected chi connectivity index (χ0v) is 16.9. The van der Waals surface area contributed by atoms with Crippen molar-refractivity contribution < 1.29 is 19.1 Å². The van der Waals surface area contributed by atoms with Gasteiger partial charge in [0.2, 0.25) is 0 Å². The smallest absolute Gasteiger partial charge is 0.472 e. The van der Waals surface area contributed by atoms with Crippen molar-refractivity contribution in [3.63, 3.8) is 0 Å². The minimum Gasteiger partial charge on any atom is -0.472 e. The topological polar surface area (TPSA) is 99.1 Å². The first-order chi connectivity index (χ1) is 15.0. The first kappa shape index (κ1) is 19.2. The summed E-state index contributed by atoms with van der Waals surface area (Å²) in [5, 5.41) is 25.3. The molecule has 2 unspecified atom stereocenters. The Kier molecular flexibility index (Phi) is 4.64. The molecule has 1 aromatic heterocycles. The Balaban J connectivity index is 1.59. The number of rotatable bonds is 3. The quantitative estimate of drug-likeness (QED) is 0.439. The van der Waals surface area contributed by atoms with Gasteiger partial charge >= 0.3 is 6.16 Å². The molecule has 2 heterocycles. The molecule has 2 aliphatic rings. The number of benzene rings is 2. The van der Waals surface area contributed by atoms with E-state index in [0.717, 1.165) is 40.9 Å². The number of carbonyl (C=O) groups is 1. The fraction of sp³-hybridized carbons (Fsp3) is 0.174. The Morgan fingerprint density at radius 2 is 2.16 bits per heavy atom. The molecule has 31 heavy (non-hydrogen) atoms. The van der Waals surface area contributed by atoms with Gasteiger partial charge in [-0.2, -0.15) is 10.4 Å². The Morgan fingerprint density at radius 1 is 1.29 bits per heavy atom. The van der Waals surface area contributed by atoms with Gasteiger partial charge in [0.05, 0.1) is 40.6 Å². The van der Waals surface area contributed by atoms with Gasteiger partial charge in [-0.25, -0.2) is 4.79 Å². The van der Waals surface area contributed by atoms with E-state index >= 15 is 0 Å². The van der Waals surface area contributed by atoms with E-state index in [4.69, 9.17) is 31.0 Å². The SMILES string of the molecule is N#Cc1ccc(N2N=C3c4ccc(OC(=O)O)cc4CCC3C2c2ccoc2)cc1Cl. The summed E-state index contributed by atoms with van der Waals surface area (Å²) in [6.07, 6.45) is 3.63. The van der Waals surface area contributed by atoms with Crippen LogP contribution in [0, 0.1) is 17.2 Å². The van der Waals surface area contributed by atoms with Gasteiger partial charge in [0, 0.05) is 17.0 Å². The molecule has 2 atom stereocenters. The molecule has 7 nitrogen and oxygen atoms in total. The highest BCUT2D eigenvalue weighted by Gasteiger charge is 2.42. The van der Waals surface area contributed by atoms with Crippen LogP contribution in [0.1, 0.15) is 34.7 Å². The number of hydrogen-bond acceptors (Lipinski definition) is 6. The van der Waals surface area contributed by atoms with Crippen molar-refractivity contribution >= 4 is 29.2 Å². The van der Waals surface area contributed by atoms with Crippen molar-refractivity contribution in [1.29, 1.82) is 5.26 Å². The van der Waals surface area contributed by atoms with E-state index in [1.807, 2.05) is 23.2 Å². The number of nitrogens with zero attached hydrogens (tertiary/aromatic N) is 3. The van der Waals surface area contributed by atoms with Crippen molar-refractivity contribution in [3.8, 4) is 11.8 Å². The van der Waals surface area contributed by atoms with Crippen LogP contribution in [0.4, 0.5) is 10.5 Å². The van der Waals surface area contributed by atoms with Crippen molar-refractivity contribution in [2.45, 2.75) is 18.9 Å². The van der Waals surface area contributed by atoms with E-state index < -0.39 is 6.16 Å². The van der Waals surface area contributed by atoms with E-state index in [0.29, 0.717) is 16.3 Å². The summed E-state index contributed by atoms with van der Waals surface area (Å²) in [4.78, 5) is 10.9. The number of halogens is 1. The maximum absolute atomic E-state index is 10.9. The minimum atomic E-state index is -1.34. The summed E-state index contributed by atoms with van der Waals surface area (Å²) in [6.45, 7) is 0. The maximum atomic E-state index is 10.9. The molecule has 8 heteroatoms. The number of hydrazone groups is 1. The third-order valence-corrected chi connectivity index (χ3v) is 6.03. The summed E-state index contributed by atoms with van der Waals surface area (Å²) in [5.41, 5.74) is 5.09. The predicted molar refractivity (Wildman–Crippen MR) is 114 cm³/mol. The Labute approximate surface area is 182 Å². The standard InChI is InChI=1S/C23H16ClN3O4/c24-20-10-16(3-1-14(20)11-25)27-22(15-7-8-30-12-15)19-5-2-13-9-17(31-23(28)29)4-6-18(13)21(19)26-27/h1,3-4,6-10,12,19,22H,2,5H2,(H,28,29). The molecule has 1 N–H and O–H groups in total. The number of ether oxygens (including phenoxy) is 1. The van der Waals surface area contributed by atoms with Gasteiger partial charge in [-0.3, -0.25) is 5.01 Å². The third kappa shape index (κ3) is 3.31. The number of anilines is 1. The lowest BCUT2D eigenvalue weighted by Crippen LogP contribution is -2.28. The Morgan fingerprint density at radius 3 is 2.87 bits per heavy atom. The number of furan rings is 1. The fourth-order valence-electron chi connectivity index (χ4n) is 4.40. The summed E-state index contributed by atoms with van der Waals surface area (Å²) < 4.78 is 10.2. The second-order valence-electron chi connectivity index (χ2n) is 7.44. The van der Waals surface area contributed by atoms with E-state index in [-0.39, 0.29) is 12.0 Å². The van der Waals surface area contributed by atoms with E-state index in [2.05, 4.69) is 6.07 Å². The van der Waals surface area contributed by atoms with E-state index in [9.17, 15) is 10.1 Å². The Hall–Kier alpha value is -3.76. The molecule has 1 aliphatic carbocycles. The summed E-state index contributed by atoms with van der Waals surface area (Å²) >= 11 is 6.30. The lowest BCUT2D eigenvalue weighted by molar-refractivity contribution is 0.144. The van der Waals surface area contributed by atoms with Crippen LogP contribution >= 0.6 is 11.6 Å². The van der Waals surface area contributed by atoms with Gasteiger partial charge in [-0.05, 0) is 60.9 Å². The molecule has 0 amide bonds. The van der Waals surface area contributed by atoms with Crippen LogP contribution in [0.25, 0.3) is 0 Å². The number of aryl methyl sites for hydroxylation is 1. The third-order valence-electron chi connectivity index (χ3n) is 5.72. The van der Waals surface area contributed by atoms with Gasteiger partial charge in [0.1, 0.15) is 11.8 Å². The summed E-state index contributed by atoms with van der Waals surface area (Å²) in [7, 11) is 0. The highest BCUT2D eigenvalue weighted by atomic mass is 35.5. The zero-order chi connectivity index (χ0) is 21.5.